The summed E-state index contributed by atoms with van der Waals surface area (Å²) in [4.78, 5) is 23.7. The molecule has 2 rings (SSSR count). The summed E-state index contributed by atoms with van der Waals surface area (Å²) in [7, 11) is 0. The van der Waals surface area contributed by atoms with Gasteiger partial charge in [-0.05, 0) is 25.1 Å². The van der Waals surface area contributed by atoms with Crippen molar-refractivity contribution in [2.24, 2.45) is 5.41 Å². The molecule has 1 aliphatic carbocycles. The summed E-state index contributed by atoms with van der Waals surface area (Å²) in [6, 6.07) is 4.44. The number of hydrogen-bond acceptors (Lipinski definition) is 3. The maximum absolute atomic E-state index is 11.9. The van der Waals surface area contributed by atoms with Crippen LogP contribution in [0.4, 0.5) is 0 Å². The highest BCUT2D eigenvalue weighted by Crippen LogP contribution is 2.64. The minimum absolute atomic E-state index is 0.263. The lowest BCUT2D eigenvalue weighted by Gasteiger charge is -2.11. The molecule has 1 fully saturated rings. The zero-order valence-corrected chi connectivity index (χ0v) is 13.4. The molecule has 0 aromatic heterocycles. The number of Topliss-reactive ketones (excluding diaryl/α,β-unsaturated/α-hetero) is 1. The van der Waals surface area contributed by atoms with Crippen LogP contribution in [-0.4, -0.2) is 22.7 Å². The van der Waals surface area contributed by atoms with Crippen molar-refractivity contribution in [2.45, 2.75) is 17.7 Å². The van der Waals surface area contributed by atoms with Gasteiger partial charge in [0.2, 0.25) is 0 Å². The van der Waals surface area contributed by atoms with Crippen molar-refractivity contribution in [1.29, 1.82) is 0 Å². The number of ether oxygens (including phenoxy) is 1. The molecular weight excluding hydrogens is 346 g/mol. The number of halogens is 4. The molecule has 7 heteroatoms. The quantitative estimate of drug-likeness (QED) is 0.459. The van der Waals surface area contributed by atoms with Crippen LogP contribution in [0.5, 0.6) is 0 Å². The van der Waals surface area contributed by atoms with Crippen LogP contribution in [0.1, 0.15) is 23.7 Å². The van der Waals surface area contributed by atoms with Crippen LogP contribution in [0.3, 0.4) is 0 Å². The van der Waals surface area contributed by atoms with Gasteiger partial charge in [0.25, 0.3) is 0 Å². The van der Waals surface area contributed by atoms with Crippen LogP contribution in [0.25, 0.3) is 0 Å². The van der Waals surface area contributed by atoms with E-state index < -0.39 is 22.3 Å². The van der Waals surface area contributed by atoms with Gasteiger partial charge in [0.15, 0.2) is 12.4 Å². The van der Waals surface area contributed by atoms with Gasteiger partial charge in [-0.25, -0.2) is 0 Å². The molecule has 0 saturated heterocycles. The van der Waals surface area contributed by atoms with Crippen molar-refractivity contribution in [1.82, 2.24) is 0 Å². The monoisotopic (exact) mass is 354 g/mol. The highest BCUT2D eigenvalue weighted by Gasteiger charge is 2.69. The molecule has 1 aliphatic rings. The normalized spacial score (nSPS) is 23.2. The average molecular weight is 356 g/mol. The summed E-state index contributed by atoms with van der Waals surface area (Å²) < 4.78 is 3.84. The molecule has 3 nitrogen and oxygen atoms in total. The van der Waals surface area contributed by atoms with Gasteiger partial charge in [-0.1, -0.05) is 23.2 Å². The molecule has 1 saturated carbocycles. The molecule has 1 aromatic rings. The Balaban J connectivity index is 1.96. The third kappa shape index (κ3) is 2.91. The van der Waals surface area contributed by atoms with Gasteiger partial charge in [0.1, 0.15) is 9.75 Å². The second-order valence-corrected chi connectivity index (χ2v) is 7.14. The van der Waals surface area contributed by atoms with Gasteiger partial charge in [-0.15, -0.1) is 23.2 Å². The highest BCUT2D eigenvalue weighted by atomic mass is 35.5. The summed E-state index contributed by atoms with van der Waals surface area (Å²) in [6.45, 7) is 1.20. The van der Waals surface area contributed by atoms with E-state index in [0.29, 0.717) is 17.0 Å². The van der Waals surface area contributed by atoms with Gasteiger partial charge >= 0.3 is 5.97 Å². The molecule has 1 aromatic carbocycles. The standard InChI is InChI=1S/C13H10Cl4O3/c1-12(6-13(12,16)17)11(19)20-5-10(18)7-2-3-8(14)9(15)4-7/h2-4H,5-6H2,1H3. The minimum Gasteiger partial charge on any atom is -0.457 e. The molecule has 1 atom stereocenters. The molecule has 108 valence electrons. The molecule has 20 heavy (non-hydrogen) atoms. The Kier molecular flexibility index (Phi) is 4.27. The first-order chi connectivity index (χ1) is 9.17. The molecule has 0 radical (unpaired) electrons. The van der Waals surface area contributed by atoms with Crippen LogP contribution in [-0.2, 0) is 9.53 Å². The second-order valence-electron chi connectivity index (χ2n) is 4.84. The Bertz CT molecular complexity index is 585. The zero-order chi connectivity index (χ0) is 15.1. The summed E-state index contributed by atoms with van der Waals surface area (Å²) in [6.07, 6.45) is 0.308. The van der Waals surface area contributed by atoms with Crippen LogP contribution in [0.15, 0.2) is 18.2 Å². The number of alkyl halides is 2. The molecular formula is C13H10Cl4O3. The zero-order valence-electron chi connectivity index (χ0n) is 10.4. The van der Waals surface area contributed by atoms with Gasteiger partial charge in [0, 0.05) is 12.0 Å². The fourth-order valence-corrected chi connectivity index (χ4v) is 2.65. The average Bonchev–Trinajstić information content (AvgIpc) is 2.90. The lowest BCUT2D eigenvalue weighted by atomic mass is 10.1. The third-order valence-corrected chi connectivity index (χ3v) is 5.12. The van der Waals surface area contributed by atoms with E-state index >= 15 is 0 Å². The van der Waals surface area contributed by atoms with Crippen molar-refractivity contribution in [3.63, 3.8) is 0 Å². The molecule has 0 spiro atoms. The lowest BCUT2D eigenvalue weighted by molar-refractivity contribution is -0.148. The number of rotatable bonds is 4. The van der Waals surface area contributed by atoms with E-state index in [1.807, 2.05) is 0 Å². The first kappa shape index (κ1) is 15.9. The van der Waals surface area contributed by atoms with Gasteiger partial charge in [0.05, 0.1) is 10.0 Å². The summed E-state index contributed by atoms with van der Waals surface area (Å²) in [5.41, 5.74) is -0.634. The van der Waals surface area contributed by atoms with Crippen molar-refractivity contribution in [3.8, 4) is 0 Å². The molecule has 0 N–H and O–H groups in total. The predicted octanol–water partition coefficient (Wildman–Crippen LogP) is 4.30. The maximum Gasteiger partial charge on any atom is 0.315 e. The number of hydrogen-bond donors (Lipinski definition) is 0. The summed E-state index contributed by atoms with van der Waals surface area (Å²) in [5, 5.41) is 0.610. The Morgan fingerprint density at radius 3 is 2.35 bits per heavy atom. The number of benzene rings is 1. The summed E-state index contributed by atoms with van der Waals surface area (Å²) >= 11 is 23.3. The van der Waals surface area contributed by atoms with E-state index in [2.05, 4.69) is 0 Å². The topological polar surface area (TPSA) is 43.4 Å². The smallest absolute Gasteiger partial charge is 0.315 e. The Morgan fingerprint density at radius 1 is 1.25 bits per heavy atom. The minimum atomic E-state index is -1.11. The molecule has 0 bridgehead atoms. The van der Waals surface area contributed by atoms with Crippen molar-refractivity contribution in [3.05, 3.63) is 33.8 Å². The first-order valence-corrected chi connectivity index (χ1v) is 7.22. The van der Waals surface area contributed by atoms with Crippen molar-refractivity contribution in [2.75, 3.05) is 6.61 Å². The number of ketones is 1. The highest BCUT2D eigenvalue weighted by molar-refractivity contribution is 6.53. The maximum atomic E-state index is 11.9. The second kappa shape index (κ2) is 5.38. The molecule has 0 heterocycles. The number of carbonyl (C=O) groups is 2. The van der Waals surface area contributed by atoms with E-state index in [9.17, 15) is 9.59 Å². The lowest BCUT2D eigenvalue weighted by Crippen LogP contribution is -2.24. The first-order valence-electron chi connectivity index (χ1n) is 5.71. The van der Waals surface area contributed by atoms with Crippen LogP contribution in [0.2, 0.25) is 10.0 Å². The van der Waals surface area contributed by atoms with Crippen molar-refractivity contribution < 1.29 is 14.3 Å². The van der Waals surface area contributed by atoms with Crippen LogP contribution < -0.4 is 0 Å². The summed E-state index contributed by atoms with van der Waals surface area (Å²) in [5.74, 6) is -0.966. The fraction of sp³-hybridized carbons (Fsp3) is 0.385. The Hall–Kier alpha value is -0.480. The third-order valence-electron chi connectivity index (χ3n) is 3.28. The van der Waals surface area contributed by atoms with Crippen LogP contribution >= 0.6 is 46.4 Å². The van der Waals surface area contributed by atoms with Crippen molar-refractivity contribution >= 4 is 58.2 Å². The van der Waals surface area contributed by atoms with E-state index in [4.69, 9.17) is 51.1 Å². The van der Waals surface area contributed by atoms with Crippen LogP contribution in [0, 0.1) is 5.41 Å². The van der Waals surface area contributed by atoms with Gasteiger partial charge in [-0.3, -0.25) is 9.59 Å². The molecule has 0 aliphatic heterocycles. The van der Waals surface area contributed by atoms with E-state index in [-0.39, 0.29) is 10.8 Å². The molecule has 0 amide bonds. The van der Waals surface area contributed by atoms with Gasteiger partial charge < -0.3 is 4.74 Å². The fourth-order valence-electron chi connectivity index (χ4n) is 1.66. The molecule has 1 unspecified atom stereocenters. The van der Waals surface area contributed by atoms with E-state index in [0.717, 1.165) is 0 Å². The number of carbonyl (C=O) groups excluding carboxylic acids is 2. The van der Waals surface area contributed by atoms with Gasteiger partial charge in [-0.2, -0.15) is 0 Å². The largest absolute Gasteiger partial charge is 0.457 e. The number of esters is 1. The van der Waals surface area contributed by atoms with E-state index in [1.165, 1.54) is 18.2 Å². The predicted molar refractivity (Wildman–Crippen MR) is 78.9 cm³/mol. The Morgan fingerprint density at radius 2 is 1.85 bits per heavy atom. The van der Waals surface area contributed by atoms with E-state index in [1.54, 1.807) is 6.92 Å². The Labute approximate surface area is 136 Å². The SMILES string of the molecule is CC1(C(=O)OCC(=O)c2ccc(Cl)c(Cl)c2)CC1(Cl)Cl.